The highest BCUT2D eigenvalue weighted by Crippen LogP contribution is 2.42. The Morgan fingerprint density at radius 1 is 1.06 bits per heavy atom. The Morgan fingerprint density at radius 3 is 2.69 bits per heavy atom. The zero-order valence-corrected chi connectivity index (χ0v) is 20.7. The van der Waals surface area contributed by atoms with E-state index < -0.39 is 0 Å². The van der Waals surface area contributed by atoms with Crippen LogP contribution in [0.15, 0.2) is 47.3 Å². The molecule has 2 aromatic carbocycles. The number of benzene rings is 2. The number of nitrogens with zero attached hydrogens (tertiary/aromatic N) is 5. The van der Waals surface area contributed by atoms with Gasteiger partial charge in [0.2, 0.25) is 0 Å². The Balaban J connectivity index is 1.58. The molecule has 0 saturated heterocycles. The predicted molar refractivity (Wildman–Crippen MR) is 138 cm³/mol. The average Bonchev–Trinajstić information content (AvgIpc) is 3.46. The summed E-state index contributed by atoms with van der Waals surface area (Å²) in [5.41, 5.74) is 6.21. The van der Waals surface area contributed by atoms with Gasteiger partial charge >= 0.3 is 0 Å². The van der Waals surface area contributed by atoms with Gasteiger partial charge in [0, 0.05) is 17.3 Å². The Bertz CT molecular complexity index is 1450. The number of hydrogen-bond donors (Lipinski definition) is 1. The number of rotatable bonds is 4. The quantitative estimate of drug-likeness (QED) is 0.447. The molecule has 3 heterocycles. The van der Waals surface area contributed by atoms with Gasteiger partial charge in [0.25, 0.3) is 5.56 Å². The fourth-order valence-electron chi connectivity index (χ4n) is 6.27. The van der Waals surface area contributed by atoms with Gasteiger partial charge in [-0.15, -0.1) is 5.10 Å². The number of anilines is 1. The highest BCUT2D eigenvalue weighted by atomic mass is 16.1. The summed E-state index contributed by atoms with van der Waals surface area (Å²) in [5.74, 6) is 0.759. The first-order valence-corrected chi connectivity index (χ1v) is 12.8. The number of H-pyrrole nitrogens is 1. The fraction of sp³-hybridized carbons (Fsp3) is 0.429. The summed E-state index contributed by atoms with van der Waals surface area (Å²) in [6, 6.07) is 14.9. The highest BCUT2D eigenvalue weighted by Gasteiger charge is 2.38. The molecule has 2 aromatic heterocycles. The standard InChI is InChI=1S/C28H32N6O/c1-17-13-18(2)25-21(14-17)16-23(28(35)29-25)26(33-19(3)15-20-9-7-8-12-24(20)33)27-30-31-32-34(27)22-10-5-4-6-11-22/h7-9,12-14,16,19,22,26H,4-6,10-11,15H2,1-3H3,(H,29,35)/t19-,26-/m0/s1. The molecule has 2 aliphatic rings. The van der Waals surface area contributed by atoms with E-state index in [2.05, 4.69) is 81.7 Å². The molecule has 0 spiro atoms. The largest absolute Gasteiger partial charge is 0.354 e. The number of hydrogen-bond acceptors (Lipinski definition) is 5. The lowest BCUT2D eigenvalue weighted by Gasteiger charge is -2.34. The second kappa shape index (κ2) is 8.63. The smallest absolute Gasteiger partial charge is 0.254 e. The van der Waals surface area contributed by atoms with Crippen LogP contribution < -0.4 is 10.5 Å². The number of aryl methyl sites for hydroxylation is 2. The lowest BCUT2D eigenvalue weighted by atomic mass is 9.94. The summed E-state index contributed by atoms with van der Waals surface area (Å²) < 4.78 is 2.02. The first-order chi connectivity index (χ1) is 17.0. The molecule has 0 amide bonds. The van der Waals surface area contributed by atoms with Gasteiger partial charge in [-0.1, -0.05) is 49.1 Å². The molecule has 1 aliphatic heterocycles. The SMILES string of the molecule is Cc1cc(C)c2[nH]c(=O)c([C@@H](c3nnnn3C3CCCCC3)N3c4ccccc4C[C@@H]3C)cc2c1. The molecular weight excluding hydrogens is 436 g/mol. The first-order valence-electron chi connectivity index (χ1n) is 12.8. The summed E-state index contributed by atoms with van der Waals surface area (Å²) in [4.78, 5) is 19.3. The number of pyridine rings is 1. The van der Waals surface area contributed by atoms with Gasteiger partial charge in [0.15, 0.2) is 5.82 Å². The zero-order chi connectivity index (χ0) is 24.1. The topological polar surface area (TPSA) is 79.7 Å². The van der Waals surface area contributed by atoms with Crippen LogP contribution in [0, 0.1) is 13.8 Å². The van der Waals surface area contributed by atoms with E-state index in [1.165, 1.54) is 30.4 Å². The second-order valence-corrected chi connectivity index (χ2v) is 10.4. The minimum Gasteiger partial charge on any atom is -0.354 e. The average molecular weight is 469 g/mol. The summed E-state index contributed by atoms with van der Waals surface area (Å²) in [7, 11) is 0. The number of aromatic amines is 1. The molecule has 0 unspecified atom stereocenters. The number of fused-ring (bicyclic) bond motifs is 2. The van der Waals surface area contributed by atoms with E-state index in [9.17, 15) is 4.79 Å². The van der Waals surface area contributed by atoms with Crippen molar-refractivity contribution >= 4 is 16.6 Å². The van der Waals surface area contributed by atoms with Gasteiger partial charge in [0.05, 0.1) is 11.6 Å². The van der Waals surface area contributed by atoms with Crippen molar-refractivity contribution in [1.82, 2.24) is 25.2 Å². The van der Waals surface area contributed by atoms with Crippen molar-refractivity contribution in [1.29, 1.82) is 0 Å². The maximum Gasteiger partial charge on any atom is 0.254 e. The maximum atomic E-state index is 13.7. The molecule has 0 radical (unpaired) electrons. The van der Waals surface area contributed by atoms with E-state index >= 15 is 0 Å². The normalized spacial score (nSPS) is 19.3. The molecular formula is C28H32N6O. The van der Waals surface area contributed by atoms with E-state index in [4.69, 9.17) is 0 Å². The molecule has 35 heavy (non-hydrogen) atoms. The molecule has 4 aromatic rings. The fourth-order valence-corrected chi connectivity index (χ4v) is 6.27. The van der Waals surface area contributed by atoms with Gasteiger partial charge in [-0.2, -0.15) is 0 Å². The molecule has 6 rings (SSSR count). The van der Waals surface area contributed by atoms with Crippen LogP contribution in [0.3, 0.4) is 0 Å². The van der Waals surface area contributed by atoms with E-state index in [-0.39, 0.29) is 23.7 Å². The lowest BCUT2D eigenvalue weighted by Crippen LogP contribution is -2.39. The Labute approximate surface area is 205 Å². The first kappa shape index (κ1) is 22.0. The molecule has 1 saturated carbocycles. The van der Waals surface area contributed by atoms with Crippen LogP contribution in [0.25, 0.3) is 10.9 Å². The van der Waals surface area contributed by atoms with E-state index in [1.54, 1.807) is 0 Å². The Kier molecular flexibility index (Phi) is 5.43. The molecule has 1 aliphatic carbocycles. The molecule has 180 valence electrons. The van der Waals surface area contributed by atoms with Gasteiger partial charge in [-0.3, -0.25) is 4.79 Å². The van der Waals surface area contributed by atoms with E-state index in [1.807, 2.05) is 11.6 Å². The summed E-state index contributed by atoms with van der Waals surface area (Å²) in [6.07, 6.45) is 6.71. The number of tetrazole rings is 1. The van der Waals surface area contributed by atoms with Crippen LogP contribution in [0.2, 0.25) is 0 Å². The second-order valence-electron chi connectivity index (χ2n) is 10.4. The summed E-state index contributed by atoms with van der Waals surface area (Å²) in [6.45, 7) is 6.37. The molecule has 1 N–H and O–H groups in total. The van der Waals surface area contributed by atoms with Crippen LogP contribution in [0.1, 0.15) is 79.2 Å². The van der Waals surface area contributed by atoms with Gasteiger partial charge in [0.1, 0.15) is 6.04 Å². The summed E-state index contributed by atoms with van der Waals surface area (Å²) >= 11 is 0. The van der Waals surface area contributed by atoms with Crippen molar-refractivity contribution in [3.63, 3.8) is 0 Å². The van der Waals surface area contributed by atoms with Crippen LogP contribution >= 0.6 is 0 Å². The highest BCUT2D eigenvalue weighted by molar-refractivity contribution is 5.83. The van der Waals surface area contributed by atoms with Crippen molar-refractivity contribution in [2.24, 2.45) is 0 Å². The zero-order valence-electron chi connectivity index (χ0n) is 20.7. The monoisotopic (exact) mass is 468 g/mol. The third-order valence-electron chi connectivity index (χ3n) is 7.84. The molecule has 7 heteroatoms. The molecule has 0 bridgehead atoms. The summed E-state index contributed by atoms with van der Waals surface area (Å²) in [5, 5.41) is 14.2. The Hall–Kier alpha value is -3.48. The van der Waals surface area contributed by atoms with Crippen LogP contribution in [0.5, 0.6) is 0 Å². The van der Waals surface area contributed by atoms with Crippen LogP contribution in [-0.2, 0) is 6.42 Å². The maximum absolute atomic E-state index is 13.7. The lowest BCUT2D eigenvalue weighted by molar-refractivity contribution is 0.312. The van der Waals surface area contributed by atoms with Crippen molar-refractivity contribution in [3.05, 3.63) is 80.9 Å². The van der Waals surface area contributed by atoms with Gasteiger partial charge in [-0.05, 0) is 85.2 Å². The minimum atomic E-state index is -0.375. The van der Waals surface area contributed by atoms with Crippen molar-refractivity contribution in [2.45, 2.75) is 77.4 Å². The van der Waals surface area contributed by atoms with E-state index in [0.717, 1.165) is 47.2 Å². The van der Waals surface area contributed by atoms with Gasteiger partial charge < -0.3 is 9.88 Å². The van der Waals surface area contributed by atoms with Gasteiger partial charge in [-0.25, -0.2) is 4.68 Å². The molecule has 7 nitrogen and oxygen atoms in total. The predicted octanol–water partition coefficient (Wildman–Crippen LogP) is 5.18. The molecule has 2 atom stereocenters. The number of nitrogens with one attached hydrogen (secondary N) is 1. The van der Waals surface area contributed by atoms with Crippen molar-refractivity contribution in [3.8, 4) is 0 Å². The minimum absolute atomic E-state index is 0.0794. The van der Waals surface area contributed by atoms with Crippen molar-refractivity contribution in [2.75, 3.05) is 4.90 Å². The number of para-hydroxylation sites is 1. The van der Waals surface area contributed by atoms with Crippen molar-refractivity contribution < 1.29 is 0 Å². The third kappa shape index (κ3) is 3.74. The molecule has 1 fully saturated rings. The van der Waals surface area contributed by atoms with Crippen LogP contribution in [0.4, 0.5) is 5.69 Å². The Morgan fingerprint density at radius 2 is 1.86 bits per heavy atom. The number of aromatic nitrogens is 5. The van der Waals surface area contributed by atoms with E-state index in [0.29, 0.717) is 5.56 Å². The third-order valence-corrected chi connectivity index (χ3v) is 7.84. The van der Waals surface area contributed by atoms with Crippen LogP contribution in [-0.4, -0.2) is 31.2 Å².